The zero-order valence-electron chi connectivity index (χ0n) is 24.3. The predicted octanol–water partition coefficient (Wildman–Crippen LogP) is 5.81. The van der Waals surface area contributed by atoms with Gasteiger partial charge < -0.3 is 15.0 Å². The molecule has 3 aromatic rings. The Morgan fingerprint density at radius 2 is 1.58 bits per heavy atom. The Morgan fingerprint density at radius 3 is 2.12 bits per heavy atom. The smallest absolute Gasteiger partial charge is 0.417 e. The highest BCUT2D eigenvalue weighted by molar-refractivity contribution is 7.92. The summed E-state index contributed by atoms with van der Waals surface area (Å²) in [5, 5.41) is 2.10. The number of hydrogen-bond acceptors (Lipinski definition) is 5. The van der Waals surface area contributed by atoms with Crippen LogP contribution >= 0.6 is 11.6 Å². The Bertz CT molecular complexity index is 1550. The third-order valence-electron chi connectivity index (χ3n) is 6.54. The first-order valence-electron chi connectivity index (χ1n) is 13.2. The summed E-state index contributed by atoms with van der Waals surface area (Å²) in [5.74, 6) is -0.747. The topological polar surface area (TPSA) is 96.0 Å². The number of halogens is 4. The van der Waals surface area contributed by atoms with Crippen molar-refractivity contribution in [2.75, 3.05) is 18.0 Å². The van der Waals surface area contributed by atoms with E-state index in [1.54, 1.807) is 45.0 Å². The van der Waals surface area contributed by atoms with E-state index in [2.05, 4.69) is 5.32 Å². The van der Waals surface area contributed by atoms with E-state index in [0.29, 0.717) is 21.7 Å². The van der Waals surface area contributed by atoms with Gasteiger partial charge in [0.25, 0.3) is 10.0 Å². The maximum absolute atomic E-state index is 13.9. The van der Waals surface area contributed by atoms with Crippen LogP contribution in [0.2, 0.25) is 5.02 Å². The molecule has 2 amide bonds. The van der Waals surface area contributed by atoms with E-state index in [1.807, 2.05) is 0 Å². The van der Waals surface area contributed by atoms with Crippen molar-refractivity contribution in [2.45, 2.75) is 57.4 Å². The lowest BCUT2D eigenvalue weighted by atomic mass is 10.1. The number of anilines is 1. The summed E-state index contributed by atoms with van der Waals surface area (Å²) in [6, 6.07) is 13.7. The maximum atomic E-state index is 13.9. The highest BCUT2D eigenvalue weighted by Crippen LogP contribution is 2.38. The van der Waals surface area contributed by atoms with Crippen molar-refractivity contribution in [3.05, 3.63) is 88.4 Å². The average Bonchev–Trinajstić information content (AvgIpc) is 2.94. The fourth-order valence-electron chi connectivity index (χ4n) is 4.17. The van der Waals surface area contributed by atoms with Gasteiger partial charge in [-0.15, -0.1) is 0 Å². The number of sulfonamides is 1. The summed E-state index contributed by atoms with van der Waals surface area (Å²) in [4.78, 5) is 27.9. The monoisotopic (exact) mass is 639 g/mol. The number of nitrogens with zero attached hydrogens (tertiary/aromatic N) is 2. The van der Waals surface area contributed by atoms with E-state index in [-0.39, 0.29) is 17.5 Å². The minimum atomic E-state index is -4.89. The molecule has 0 aliphatic carbocycles. The van der Waals surface area contributed by atoms with Crippen LogP contribution < -0.4 is 14.4 Å². The summed E-state index contributed by atoms with van der Waals surface area (Å²) in [6.45, 7) is 5.73. The van der Waals surface area contributed by atoms with Gasteiger partial charge in [-0.05, 0) is 75.7 Å². The first-order valence-corrected chi connectivity index (χ1v) is 15.0. The van der Waals surface area contributed by atoms with Gasteiger partial charge in [-0.1, -0.05) is 41.4 Å². The standard InChI is InChI=1S/C30H33ClF3N3O5S/c1-19(2)35-29(39)21(4)36(17-22-8-11-24(42-5)12-9-22)28(38)18-37(43(40,41)25-13-6-20(3)7-14-25)23-10-15-27(31)26(16-23)30(32,33)34/h6-16,19,21H,17-18H2,1-5H3,(H,35,39)/t21-/m0/s1. The average molecular weight is 640 g/mol. The molecule has 0 spiro atoms. The van der Waals surface area contributed by atoms with E-state index < -0.39 is 56.9 Å². The molecule has 13 heteroatoms. The number of aryl methyl sites for hydroxylation is 1. The number of benzene rings is 3. The van der Waals surface area contributed by atoms with Crippen LogP contribution in [0.4, 0.5) is 18.9 Å². The molecule has 0 saturated heterocycles. The van der Waals surface area contributed by atoms with Gasteiger partial charge in [-0.2, -0.15) is 13.2 Å². The molecule has 0 unspecified atom stereocenters. The maximum Gasteiger partial charge on any atom is 0.417 e. The molecule has 3 rings (SSSR count). The highest BCUT2D eigenvalue weighted by Gasteiger charge is 2.37. The van der Waals surface area contributed by atoms with Gasteiger partial charge in [0.05, 0.1) is 28.3 Å². The molecule has 232 valence electrons. The van der Waals surface area contributed by atoms with Crippen LogP contribution in [0, 0.1) is 6.92 Å². The third kappa shape index (κ3) is 8.41. The second-order valence-electron chi connectivity index (χ2n) is 10.2. The molecule has 0 aromatic heterocycles. The molecule has 3 aromatic carbocycles. The first kappa shape index (κ1) is 33.7. The van der Waals surface area contributed by atoms with Gasteiger partial charge in [-0.25, -0.2) is 8.42 Å². The number of carbonyl (C=O) groups excluding carboxylic acids is 2. The van der Waals surface area contributed by atoms with Crippen molar-refractivity contribution in [3.8, 4) is 5.75 Å². The van der Waals surface area contributed by atoms with E-state index in [9.17, 15) is 31.2 Å². The molecular weight excluding hydrogens is 607 g/mol. The van der Waals surface area contributed by atoms with Crippen molar-refractivity contribution >= 4 is 39.1 Å². The second-order valence-corrected chi connectivity index (χ2v) is 12.5. The minimum absolute atomic E-state index is 0.0949. The number of amides is 2. The quantitative estimate of drug-likeness (QED) is 0.286. The van der Waals surface area contributed by atoms with Gasteiger partial charge in [-0.3, -0.25) is 13.9 Å². The Labute approximate surface area is 254 Å². The zero-order chi connectivity index (χ0) is 32.1. The Balaban J connectivity index is 2.12. The molecule has 43 heavy (non-hydrogen) atoms. The van der Waals surface area contributed by atoms with Crippen molar-refractivity contribution in [3.63, 3.8) is 0 Å². The Morgan fingerprint density at radius 1 is 0.977 bits per heavy atom. The number of carbonyl (C=O) groups is 2. The molecule has 1 N–H and O–H groups in total. The van der Waals surface area contributed by atoms with Crippen LogP contribution in [0.15, 0.2) is 71.6 Å². The first-order chi connectivity index (χ1) is 20.0. The molecular formula is C30H33ClF3N3O5S. The van der Waals surface area contributed by atoms with Gasteiger partial charge in [0.2, 0.25) is 11.8 Å². The van der Waals surface area contributed by atoms with Crippen molar-refractivity contribution in [2.24, 2.45) is 0 Å². The number of ether oxygens (including phenoxy) is 1. The van der Waals surface area contributed by atoms with Gasteiger partial charge in [0, 0.05) is 12.6 Å². The number of methoxy groups -OCH3 is 1. The number of rotatable bonds is 11. The largest absolute Gasteiger partial charge is 0.497 e. The molecule has 0 radical (unpaired) electrons. The van der Waals surface area contributed by atoms with Gasteiger partial charge >= 0.3 is 6.18 Å². The van der Waals surface area contributed by atoms with E-state index in [0.717, 1.165) is 17.7 Å². The lowest BCUT2D eigenvalue weighted by molar-refractivity contribution is -0.139. The number of alkyl halides is 3. The lowest BCUT2D eigenvalue weighted by Crippen LogP contribution is -2.52. The summed E-state index contributed by atoms with van der Waals surface area (Å²) >= 11 is 5.80. The van der Waals surface area contributed by atoms with Crippen LogP contribution in [0.1, 0.15) is 37.5 Å². The minimum Gasteiger partial charge on any atom is -0.497 e. The number of nitrogens with one attached hydrogen (secondary N) is 1. The van der Waals surface area contributed by atoms with Crippen LogP contribution in [-0.2, 0) is 32.3 Å². The molecule has 1 atom stereocenters. The summed E-state index contributed by atoms with van der Waals surface area (Å²) in [6.07, 6.45) is -4.89. The fourth-order valence-corrected chi connectivity index (χ4v) is 5.80. The molecule has 0 bridgehead atoms. The van der Waals surface area contributed by atoms with Crippen LogP contribution in [0.3, 0.4) is 0 Å². The molecule has 0 aliphatic heterocycles. The van der Waals surface area contributed by atoms with Crippen LogP contribution in [0.5, 0.6) is 5.75 Å². The van der Waals surface area contributed by atoms with E-state index in [1.165, 1.54) is 43.2 Å². The van der Waals surface area contributed by atoms with Crippen LogP contribution in [0.25, 0.3) is 0 Å². The van der Waals surface area contributed by atoms with E-state index >= 15 is 0 Å². The number of hydrogen-bond donors (Lipinski definition) is 1. The third-order valence-corrected chi connectivity index (χ3v) is 8.66. The molecule has 8 nitrogen and oxygen atoms in total. The van der Waals surface area contributed by atoms with Gasteiger partial charge in [0.1, 0.15) is 18.3 Å². The van der Waals surface area contributed by atoms with Crippen LogP contribution in [-0.4, -0.2) is 50.9 Å². The lowest BCUT2D eigenvalue weighted by Gasteiger charge is -2.32. The highest BCUT2D eigenvalue weighted by atomic mass is 35.5. The molecule has 0 aliphatic rings. The summed E-state index contributed by atoms with van der Waals surface area (Å²) in [7, 11) is -3.07. The molecule has 0 heterocycles. The fraction of sp³-hybridized carbons (Fsp3) is 0.333. The van der Waals surface area contributed by atoms with Crippen molar-refractivity contribution in [1.29, 1.82) is 0 Å². The zero-order valence-corrected chi connectivity index (χ0v) is 25.8. The SMILES string of the molecule is COc1ccc(CN(C(=O)CN(c2ccc(Cl)c(C(F)(F)F)c2)S(=O)(=O)c2ccc(C)cc2)[C@@H](C)C(=O)NC(C)C)cc1. The van der Waals surface area contributed by atoms with Crippen molar-refractivity contribution < 1.29 is 35.9 Å². The van der Waals surface area contributed by atoms with Crippen molar-refractivity contribution in [1.82, 2.24) is 10.2 Å². The summed E-state index contributed by atoms with van der Waals surface area (Å²) < 4.78 is 74.8. The second kappa shape index (κ2) is 13.7. The predicted molar refractivity (Wildman–Crippen MR) is 158 cm³/mol. The normalized spacial score (nSPS) is 12.5. The van der Waals surface area contributed by atoms with E-state index in [4.69, 9.17) is 16.3 Å². The Kier molecular flexibility index (Phi) is 10.7. The van der Waals surface area contributed by atoms with Gasteiger partial charge in [0.15, 0.2) is 0 Å². The molecule has 0 fully saturated rings. The Hall–Kier alpha value is -3.77. The molecule has 0 saturated carbocycles. The summed E-state index contributed by atoms with van der Waals surface area (Å²) in [5.41, 5.74) is -0.322.